The number of benzene rings is 3. The predicted octanol–water partition coefficient (Wildman–Crippen LogP) is 7.74. The van der Waals surface area contributed by atoms with Crippen molar-refractivity contribution in [1.82, 2.24) is 30.2 Å². The van der Waals surface area contributed by atoms with Gasteiger partial charge in [0.25, 0.3) is 0 Å². The number of rotatable bonds is 25. The molecule has 3 aromatic rings. The van der Waals surface area contributed by atoms with E-state index in [0.717, 1.165) is 116 Å². The first-order chi connectivity index (χ1) is 26.4. The summed E-state index contributed by atoms with van der Waals surface area (Å²) in [5, 5.41) is 42.6. The standard InChI is InChI=1S/C46H76N6O3/c1-12-47-28-34-22-40(24-36(43(34)53)30-49(14-3)15-4)46(11,41-23-35(29-48-13-2)44(54)37(25-41)31-50(16-5)17-6)42-26-38(32-51(18-7)19-8)45(55)39(27-42)33-52(20-9)21-10/h22-27,47-48,53-55H,12-21,28-33H2,1-11H3. The first kappa shape index (κ1) is 46.2. The van der Waals surface area contributed by atoms with Gasteiger partial charge in [0.1, 0.15) is 17.2 Å². The van der Waals surface area contributed by atoms with E-state index in [-0.39, 0.29) is 0 Å². The molecule has 0 radical (unpaired) electrons. The van der Waals surface area contributed by atoms with Crippen LogP contribution in [0.5, 0.6) is 17.2 Å². The normalized spacial score (nSPS) is 12.3. The fourth-order valence-electron chi connectivity index (χ4n) is 7.67. The Balaban J connectivity index is 2.60. The molecule has 0 aliphatic rings. The van der Waals surface area contributed by atoms with Crippen LogP contribution in [0.25, 0.3) is 0 Å². The lowest BCUT2D eigenvalue weighted by atomic mass is 9.68. The lowest BCUT2D eigenvalue weighted by Gasteiger charge is -2.36. The van der Waals surface area contributed by atoms with E-state index in [0.29, 0.717) is 56.5 Å². The van der Waals surface area contributed by atoms with Crippen LogP contribution in [0.2, 0.25) is 0 Å². The zero-order valence-electron chi connectivity index (χ0n) is 36.4. The van der Waals surface area contributed by atoms with E-state index in [9.17, 15) is 15.3 Å². The molecule has 5 N–H and O–H groups in total. The predicted molar refractivity (Wildman–Crippen MR) is 231 cm³/mol. The van der Waals surface area contributed by atoms with Crippen molar-refractivity contribution in [1.29, 1.82) is 0 Å². The van der Waals surface area contributed by atoms with Gasteiger partial charge in [0.05, 0.1) is 0 Å². The maximum Gasteiger partial charge on any atom is 0.124 e. The van der Waals surface area contributed by atoms with Gasteiger partial charge in [-0.25, -0.2) is 0 Å². The van der Waals surface area contributed by atoms with Crippen LogP contribution in [-0.4, -0.2) is 100 Å². The van der Waals surface area contributed by atoms with Crippen LogP contribution in [0.1, 0.15) is 126 Å². The molecule has 0 aliphatic carbocycles. The Hall–Kier alpha value is -3.18. The number of phenolic OH excluding ortho intramolecular Hbond substituents is 3. The van der Waals surface area contributed by atoms with Crippen LogP contribution < -0.4 is 10.6 Å². The number of aromatic hydroxyl groups is 3. The highest BCUT2D eigenvalue weighted by molar-refractivity contribution is 5.60. The van der Waals surface area contributed by atoms with E-state index in [1.807, 2.05) is 0 Å². The van der Waals surface area contributed by atoms with Crippen molar-refractivity contribution in [3.05, 3.63) is 86.5 Å². The fraction of sp³-hybridized carbons (Fsp3) is 0.609. The molecule has 9 nitrogen and oxygen atoms in total. The van der Waals surface area contributed by atoms with Gasteiger partial charge in [-0.2, -0.15) is 0 Å². The molecule has 0 heterocycles. The summed E-state index contributed by atoms with van der Waals surface area (Å²) in [4.78, 5) is 9.39. The van der Waals surface area contributed by atoms with Crippen LogP contribution in [0, 0.1) is 0 Å². The molecule has 55 heavy (non-hydrogen) atoms. The third-order valence-corrected chi connectivity index (χ3v) is 11.8. The number of nitrogens with zero attached hydrogens (tertiary/aromatic N) is 4. The zero-order chi connectivity index (χ0) is 40.7. The molecule has 3 rings (SSSR count). The van der Waals surface area contributed by atoms with Gasteiger partial charge in [-0.1, -0.05) is 69.2 Å². The first-order valence-corrected chi connectivity index (χ1v) is 21.3. The summed E-state index contributed by atoms with van der Waals surface area (Å²) in [6.45, 7) is 36.0. The largest absolute Gasteiger partial charge is 0.507 e. The molecule has 9 heteroatoms. The van der Waals surface area contributed by atoms with E-state index < -0.39 is 5.41 Å². The summed E-state index contributed by atoms with van der Waals surface area (Å²) in [6.07, 6.45) is 0. The molecule has 0 bridgehead atoms. The molecule has 0 saturated carbocycles. The van der Waals surface area contributed by atoms with Crippen LogP contribution in [0.15, 0.2) is 36.4 Å². The maximum atomic E-state index is 12.0. The average molecular weight is 761 g/mol. The van der Waals surface area contributed by atoms with E-state index >= 15 is 0 Å². The van der Waals surface area contributed by atoms with Gasteiger partial charge >= 0.3 is 0 Å². The SMILES string of the molecule is CCNCc1cc(C(C)(c2cc(CNCC)c(O)c(CN(CC)CC)c2)c2cc(CN(CC)CC)c(O)c(CN(CC)CC)c2)cc(CN(CC)CC)c1O. The molecule has 0 atom stereocenters. The number of hydrogen-bond donors (Lipinski definition) is 5. The van der Waals surface area contributed by atoms with Crippen LogP contribution >= 0.6 is 0 Å². The quantitative estimate of drug-likeness (QED) is 0.0556. The Morgan fingerprint density at radius 1 is 0.400 bits per heavy atom. The summed E-state index contributed by atoms with van der Waals surface area (Å²) in [5.74, 6) is 1.05. The summed E-state index contributed by atoms with van der Waals surface area (Å²) >= 11 is 0. The molecule has 308 valence electrons. The van der Waals surface area contributed by atoms with Gasteiger partial charge in [0.2, 0.25) is 0 Å². The van der Waals surface area contributed by atoms with E-state index in [1.54, 1.807) is 0 Å². The number of nitrogens with one attached hydrogen (secondary N) is 2. The van der Waals surface area contributed by atoms with Gasteiger partial charge in [-0.05, 0) is 125 Å². The molecule has 0 aromatic heterocycles. The third kappa shape index (κ3) is 11.5. The van der Waals surface area contributed by atoms with Crippen molar-refractivity contribution in [2.24, 2.45) is 0 Å². The highest BCUT2D eigenvalue weighted by Gasteiger charge is 2.36. The topological polar surface area (TPSA) is 97.7 Å². The lowest BCUT2D eigenvalue weighted by molar-refractivity contribution is 0.281. The second-order valence-corrected chi connectivity index (χ2v) is 15.0. The van der Waals surface area contributed by atoms with Crippen molar-refractivity contribution in [3.8, 4) is 17.2 Å². The highest BCUT2D eigenvalue weighted by atomic mass is 16.3. The minimum atomic E-state index is -0.733. The Kier molecular flexibility index (Phi) is 18.9. The van der Waals surface area contributed by atoms with Crippen molar-refractivity contribution in [2.75, 3.05) is 65.4 Å². The molecule has 0 fully saturated rings. The van der Waals surface area contributed by atoms with E-state index in [4.69, 9.17) is 0 Å². The summed E-state index contributed by atoms with van der Waals surface area (Å²) in [6, 6.07) is 13.2. The van der Waals surface area contributed by atoms with Crippen LogP contribution in [-0.2, 0) is 44.7 Å². The van der Waals surface area contributed by atoms with Gasteiger partial charge in [0.15, 0.2) is 0 Å². The molecular formula is C46H76N6O3. The maximum absolute atomic E-state index is 12.0. The number of phenols is 3. The smallest absolute Gasteiger partial charge is 0.124 e. The first-order valence-electron chi connectivity index (χ1n) is 21.3. The van der Waals surface area contributed by atoms with Crippen LogP contribution in [0.3, 0.4) is 0 Å². The minimum absolute atomic E-state index is 0.342. The van der Waals surface area contributed by atoms with E-state index in [2.05, 4.69) is 143 Å². The molecule has 0 amide bonds. The van der Waals surface area contributed by atoms with Crippen molar-refractivity contribution in [3.63, 3.8) is 0 Å². The van der Waals surface area contributed by atoms with Gasteiger partial charge in [0, 0.05) is 78.1 Å². The van der Waals surface area contributed by atoms with Gasteiger partial charge < -0.3 is 26.0 Å². The fourth-order valence-corrected chi connectivity index (χ4v) is 7.67. The van der Waals surface area contributed by atoms with Crippen LogP contribution in [0.4, 0.5) is 0 Å². The summed E-state index contributed by atoms with van der Waals surface area (Å²) < 4.78 is 0. The Labute approximate surface area is 334 Å². The Morgan fingerprint density at radius 2 is 0.618 bits per heavy atom. The molecule has 0 saturated heterocycles. The molecular weight excluding hydrogens is 685 g/mol. The second-order valence-electron chi connectivity index (χ2n) is 15.0. The van der Waals surface area contributed by atoms with E-state index in [1.165, 1.54) is 0 Å². The summed E-state index contributed by atoms with van der Waals surface area (Å²) in [7, 11) is 0. The van der Waals surface area contributed by atoms with Crippen molar-refractivity contribution < 1.29 is 15.3 Å². The Bertz CT molecular complexity index is 1500. The van der Waals surface area contributed by atoms with Gasteiger partial charge in [-0.3, -0.25) is 19.6 Å². The average Bonchev–Trinajstić information content (AvgIpc) is 3.20. The lowest BCUT2D eigenvalue weighted by Crippen LogP contribution is -2.30. The zero-order valence-corrected chi connectivity index (χ0v) is 36.4. The number of hydrogen-bond acceptors (Lipinski definition) is 9. The minimum Gasteiger partial charge on any atom is -0.507 e. The monoisotopic (exact) mass is 761 g/mol. The van der Waals surface area contributed by atoms with Gasteiger partial charge in [-0.15, -0.1) is 0 Å². The highest BCUT2D eigenvalue weighted by Crippen LogP contribution is 2.46. The molecule has 0 unspecified atom stereocenters. The Morgan fingerprint density at radius 3 is 0.836 bits per heavy atom. The third-order valence-electron chi connectivity index (χ3n) is 11.8. The summed E-state index contributed by atoms with van der Waals surface area (Å²) in [5.41, 5.74) is 7.87. The van der Waals surface area contributed by atoms with Crippen molar-refractivity contribution in [2.45, 2.75) is 121 Å². The molecule has 0 spiro atoms. The molecule has 3 aromatic carbocycles. The van der Waals surface area contributed by atoms with Crippen molar-refractivity contribution >= 4 is 0 Å². The molecule has 0 aliphatic heterocycles. The second kappa shape index (κ2) is 22.5.